The Labute approximate surface area is 74.2 Å². The Balaban J connectivity index is 0. The molecule has 0 aromatic heterocycles. The third-order valence-electron chi connectivity index (χ3n) is 1.02. The van der Waals surface area contributed by atoms with Crippen molar-refractivity contribution in [2.75, 3.05) is 13.6 Å². The summed E-state index contributed by atoms with van der Waals surface area (Å²) in [6.45, 7) is 6.11. The van der Waals surface area contributed by atoms with Crippen LogP contribution in [0.5, 0.6) is 0 Å². The summed E-state index contributed by atoms with van der Waals surface area (Å²) in [6, 6.07) is 0. The van der Waals surface area contributed by atoms with Gasteiger partial charge in [0.2, 0.25) is 0 Å². The number of ketones is 1. The minimum atomic E-state index is 0.149. The molecular formula is C8H19N3O. The van der Waals surface area contributed by atoms with Crippen LogP contribution in [0, 0.1) is 0 Å². The Bertz CT molecular complexity index is 143. The third-order valence-corrected chi connectivity index (χ3v) is 1.02. The van der Waals surface area contributed by atoms with E-state index in [9.17, 15) is 4.79 Å². The zero-order chi connectivity index (χ0) is 9.98. The second-order valence-electron chi connectivity index (χ2n) is 1.99. The lowest BCUT2D eigenvalue weighted by Crippen LogP contribution is -2.32. The normalized spacial score (nSPS) is 9.83. The van der Waals surface area contributed by atoms with Gasteiger partial charge < -0.3 is 11.1 Å². The van der Waals surface area contributed by atoms with Crippen molar-refractivity contribution in [3.63, 3.8) is 0 Å². The zero-order valence-corrected chi connectivity index (χ0v) is 8.35. The Hall–Kier alpha value is -1.06. The van der Waals surface area contributed by atoms with Crippen molar-refractivity contribution < 1.29 is 4.79 Å². The highest BCUT2D eigenvalue weighted by Crippen LogP contribution is 1.76. The fraction of sp³-hybridized carbons (Fsp3) is 0.750. The summed E-state index contributed by atoms with van der Waals surface area (Å²) in [4.78, 5) is 14.1. The summed E-state index contributed by atoms with van der Waals surface area (Å²) < 4.78 is 0. The zero-order valence-electron chi connectivity index (χ0n) is 8.35. The molecule has 4 nitrogen and oxygen atoms in total. The van der Waals surface area contributed by atoms with Crippen molar-refractivity contribution in [3.8, 4) is 0 Å². The molecule has 4 heteroatoms. The van der Waals surface area contributed by atoms with Crippen molar-refractivity contribution in [3.05, 3.63) is 0 Å². The van der Waals surface area contributed by atoms with Crippen LogP contribution in [0.2, 0.25) is 0 Å². The molecule has 0 radical (unpaired) electrons. The van der Waals surface area contributed by atoms with E-state index < -0.39 is 0 Å². The van der Waals surface area contributed by atoms with E-state index in [4.69, 9.17) is 5.73 Å². The Morgan fingerprint density at radius 1 is 1.50 bits per heavy atom. The van der Waals surface area contributed by atoms with Gasteiger partial charge in [-0.1, -0.05) is 13.8 Å². The van der Waals surface area contributed by atoms with Crippen LogP contribution < -0.4 is 11.1 Å². The number of carbonyl (C=O) groups excluding carboxylic acids is 1. The van der Waals surface area contributed by atoms with Crippen LogP contribution in [-0.2, 0) is 4.79 Å². The third kappa shape index (κ3) is 11.7. The van der Waals surface area contributed by atoms with Crippen LogP contribution in [0.3, 0.4) is 0 Å². The number of hydrogen-bond donors (Lipinski definition) is 2. The molecule has 0 saturated heterocycles. The van der Waals surface area contributed by atoms with Crippen LogP contribution in [0.25, 0.3) is 0 Å². The molecule has 12 heavy (non-hydrogen) atoms. The van der Waals surface area contributed by atoms with E-state index in [2.05, 4.69) is 10.3 Å². The molecule has 0 unspecified atom stereocenters. The molecule has 3 N–H and O–H groups in total. The van der Waals surface area contributed by atoms with E-state index in [0.717, 1.165) is 0 Å². The molecular weight excluding hydrogens is 154 g/mol. The number of aliphatic imine (C=N–C) groups is 1. The number of nitrogens with two attached hydrogens (primary N) is 1. The molecule has 0 atom stereocenters. The van der Waals surface area contributed by atoms with Gasteiger partial charge in [0, 0.05) is 20.0 Å². The number of nitrogens with zero attached hydrogens (tertiary/aromatic N) is 1. The molecule has 0 saturated carbocycles. The van der Waals surface area contributed by atoms with Crippen LogP contribution in [0.15, 0.2) is 4.99 Å². The number of nitrogens with one attached hydrogen (secondary N) is 1. The summed E-state index contributed by atoms with van der Waals surface area (Å²) in [5.74, 6) is 0.526. The fourth-order valence-corrected chi connectivity index (χ4v) is 0.446. The standard InChI is InChI=1S/C6H13N3O.C2H6/c1-5(10)3-4-9-6(7)8-2;1-2/h3-4H2,1-2H3,(H3,7,8,9);1-2H3. The number of hydrogen-bond acceptors (Lipinski definition) is 2. The Kier molecular flexibility index (Phi) is 11.2. The molecule has 0 aliphatic carbocycles. The van der Waals surface area contributed by atoms with Gasteiger partial charge in [0.25, 0.3) is 0 Å². The first-order valence-electron chi connectivity index (χ1n) is 4.12. The molecule has 0 aliphatic rings. The maximum absolute atomic E-state index is 10.4. The average molecular weight is 173 g/mol. The summed E-state index contributed by atoms with van der Waals surface area (Å²) in [5, 5.41) is 2.77. The summed E-state index contributed by atoms with van der Waals surface area (Å²) in [6.07, 6.45) is 0.496. The van der Waals surface area contributed by atoms with Crippen molar-refractivity contribution >= 4 is 11.7 Å². The van der Waals surface area contributed by atoms with E-state index in [1.807, 2.05) is 13.8 Å². The topological polar surface area (TPSA) is 67.5 Å². The Morgan fingerprint density at radius 3 is 2.33 bits per heavy atom. The smallest absolute Gasteiger partial charge is 0.188 e. The number of Topliss-reactive ketones (excluding diaryl/α,β-unsaturated/α-hetero) is 1. The van der Waals surface area contributed by atoms with Gasteiger partial charge in [0.1, 0.15) is 5.78 Å². The van der Waals surface area contributed by atoms with E-state index >= 15 is 0 Å². The van der Waals surface area contributed by atoms with Crippen LogP contribution >= 0.6 is 0 Å². The van der Waals surface area contributed by atoms with Crippen LogP contribution in [0.1, 0.15) is 27.2 Å². The average Bonchev–Trinajstić information content (AvgIpc) is 2.07. The predicted molar refractivity (Wildman–Crippen MR) is 52.2 cm³/mol. The van der Waals surface area contributed by atoms with Crippen molar-refractivity contribution in [1.82, 2.24) is 5.32 Å². The summed E-state index contributed by atoms with van der Waals surface area (Å²) in [5.41, 5.74) is 5.29. The fourth-order valence-electron chi connectivity index (χ4n) is 0.446. The first kappa shape index (κ1) is 13.5. The summed E-state index contributed by atoms with van der Waals surface area (Å²) >= 11 is 0. The lowest BCUT2D eigenvalue weighted by molar-refractivity contribution is -0.116. The predicted octanol–water partition coefficient (Wildman–Crippen LogP) is 0.526. The lowest BCUT2D eigenvalue weighted by Gasteiger charge is -2.00. The minimum Gasteiger partial charge on any atom is -0.370 e. The maximum Gasteiger partial charge on any atom is 0.188 e. The van der Waals surface area contributed by atoms with Crippen LogP contribution in [0.4, 0.5) is 0 Å². The molecule has 0 bridgehead atoms. The van der Waals surface area contributed by atoms with Gasteiger partial charge in [-0.2, -0.15) is 0 Å². The van der Waals surface area contributed by atoms with Crippen molar-refractivity contribution in [1.29, 1.82) is 0 Å². The van der Waals surface area contributed by atoms with Gasteiger partial charge in [0.05, 0.1) is 0 Å². The van der Waals surface area contributed by atoms with Crippen molar-refractivity contribution in [2.45, 2.75) is 27.2 Å². The first-order valence-corrected chi connectivity index (χ1v) is 4.12. The first-order chi connectivity index (χ1) is 5.66. The highest BCUT2D eigenvalue weighted by molar-refractivity contribution is 5.79. The largest absolute Gasteiger partial charge is 0.370 e. The van der Waals surface area contributed by atoms with E-state index in [0.29, 0.717) is 18.9 Å². The molecule has 0 aliphatic heterocycles. The second kappa shape index (κ2) is 9.94. The number of carbonyl (C=O) groups is 1. The van der Waals surface area contributed by atoms with Gasteiger partial charge in [-0.15, -0.1) is 0 Å². The molecule has 0 spiro atoms. The van der Waals surface area contributed by atoms with Crippen molar-refractivity contribution in [2.24, 2.45) is 10.7 Å². The number of guanidine groups is 1. The second-order valence-corrected chi connectivity index (χ2v) is 1.99. The monoisotopic (exact) mass is 173 g/mol. The van der Waals surface area contributed by atoms with Gasteiger partial charge >= 0.3 is 0 Å². The van der Waals surface area contributed by atoms with Gasteiger partial charge in [-0.3, -0.25) is 9.79 Å². The molecule has 0 rings (SSSR count). The number of rotatable bonds is 3. The van der Waals surface area contributed by atoms with Gasteiger partial charge in [-0.05, 0) is 6.92 Å². The molecule has 0 heterocycles. The lowest BCUT2D eigenvalue weighted by atomic mass is 10.3. The summed E-state index contributed by atoms with van der Waals surface area (Å²) in [7, 11) is 1.59. The van der Waals surface area contributed by atoms with E-state index in [-0.39, 0.29) is 5.78 Å². The maximum atomic E-state index is 10.4. The quantitative estimate of drug-likeness (QED) is 0.483. The Morgan fingerprint density at radius 2 is 2.00 bits per heavy atom. The molecule has 0 aromatic rings. The van der Waals surface area contributed by atoms with E-state index in [1.54, 1.807) is 14.0 Å². The molecule has 0 fully saturated rings. The molecule has 72 valence electrons. The van der Waals surface area contributed by atoms with Gasteiger partial charge in [-0.25, -0.2) is 0 Å². The minimum absolute atomic E-state index is 0.149. The van der Waals surface area contributed by atoms with E-state index in [1.165, 1.54) is 0 Å². The molecule has 0 amide bonds. The van der Waals surface area contributed by atoms with Crippen LogP contribution in [-0.4, -0.2) is 25.3 Å². The van der Waals surface area contributed by atoms with Gasteiger partial charge in [0.15, 0.2) is 5.96 Å². The highest BCUT2D eigenvalue weighted by atomic mass is 16.1. The molecule has 0 aromatic carbocycles. The highest BCUT2D eigenvalue weighted by Gasteiger charge is 1.92. The SMILES string of the molecule is CC.CN=C(N)NCCC(C)=O.